The first kappa shape index (κ1) is 11.9. The molecular weight excluding hydrogens is 218 g/mol. The predicted molar refractivity (Wildman–Crippen MR) is 64.3 cm³/mol. The minimum absolute atomic E-state index is 0.240. The molecule has 0 unspecified atom stereocenters. The highest BCUT2D eigenvalue weighted by molar-refractivity contribution is 5.90. The fourth-order valence-corrected chi connectivity index (χ4v) is 1.90. The van der Waals surface area contributed by atoms with Crippen LogP contribution >= 0.6 is 0 Å². The lowest BCUT2D eigenvalue weighted by Crippen LogP contribution is -2.20. The molecule has 1 N–H and O–H groups in total. The summed E-state index contributed by atoms with van der Waals surface area (Å²) >= 11 is 0. The number of ether oxygens (including phenoxy) is 2. The van der Waals surface area contributed by atoms with Gasteiger partial charge in [-0.2, -0.15) is 0 Å². The molecule has 1 aromatic rings. The van der Waals surface area contributed by atoms with Crippen molar-refractivity contribution in [3.63, 3.8) is 0 Å². The summed E-state index contributed by atoms with van der Waals surface area (Å²) in [6.07, 6.45) is 0. The number of nitrogens with one attached hydrogen (secondary N) is 1. The number of fused-ring (bicyclic) bond motifs is 1. The van der Waals surface area contributed by atoms with Crippen molar-refractivity contribution in [1.29, 1.82) is 0 Å². The number of hydrogen-bond acceptors (Lipinski definition) is 4. The fraction of sp³-hybridized carbons (Fsp3) is 0.462. The highest BCUT2D eigenvalue weighted by Crippen LogP contribution is 2.28. The Hall–Kier alpha value is -1.55. The first-order chi connectivity index (χ1) is 8.22. The zero-order valence-electron chi connectivity index (χ0n) is 10.2. The largest absolute Gasteiger partial charge is 0.492 e. The molecule has 1 atom stereocenters. The number of benzene rings is 1. The van der Waals surface area contributed by atoms with Crippen molar-refractivity contribution >= 4 is 5.97 Å². The topological polar surface area (TPSA) is 47.6 Å². The summed E-state index contributed by atoms with van der Waals surface area (Å²) < 4.78 is 10.6. The first-order valence-electron chi connectivity index (χ1n) is 5.89. The van der Waals surface area contributed by atoms with Gasteiger partial charge in [-0.15, -0.1) is 0 Å². The van der Waals surface area contributed by atoms with Crippen LogP contribution in [0.15, 0.2) is 18.2 Å². The normalized spacial score (nSPS) is 18.8. The first-order valence-corrected chi connectivity index (χ1v) is 5.89. The van der Waals surface area contributed by atoms with Gasteiger partial charge in [-0.1, -0.05) is 6.07 Å². The van der Waals surface area contributed by atoms with Crippen LogP contribution in [0.5, 0.6) is 5.75 Å². The van der Waals surface area contributed by atoms with E-state index in [1.54, 1.807) is 19.1 Å². The van der Waals surface area contributed by atoms with E-state index in [-0.39, 0.29) is 12.0 Å². The molecule has 0 amide bonds. The smallest absolute Gasteiger partial charge is 0.338 e. The molecule has 0 saturated heterocycles. The molecule has 4 nitrogen and oxygen atoms in total. The SMILES string of the molecule is CCOC(=O)c1ccc2c(c1)OCCN[C@H]2C. The maximum absolute atomic E-state index is 11.6. The molecule has 92 valence electrons. The standard InChI is InChI=1S/C13H17NO3/c1-3-16-13(15)10-4-5-11-9(2)14-6-7-17-12(11)8-10/h4-5,8-9,14H,3,6-7H2,1-2H3/t9-/m0/s1. The van der Waals surface area contributed by atoms with Crippen LogP contribution in [0, 0.1) is 0 Å². The van der Waals surface area contributed by atoms with Crippen LogP contribution < -0.4 is 10.1 Å². The van der Waals surface area contributed by atoms with Crippen LogP contribution in [0.4, 0.5) is 0 Å². The molecule has 1 aliphatic heterocycles. The quantitative estimate of drug-likeness (QED) is 0.795. The molecule has 2 rings (SSSR count). The van der Waals surface area contributed by atoms with Gasteiger partial charge in [0, 0.05) is 18.2 Å². The Morgan fingerprint density at radius 2 is 2.41 bits per heavy atom. The van der Waals surface area contributed by atoms with E-state index in [1.165, 1.54) is 0 Å². The monoisotopic (exact) mass is 235 g/mol. The Labute approximate surface area is 101 Å². The van der Waals surface area contributed by atoms with E-state index in [9.17, 15) is 4.79 Å². The summed E-state index contributed by atoms with van der Waals surface area (Å²) in [4.78, 5) is 11.6. The van der Waals surface area contributed by atoms with Gasteiger partial charge in [0.05, 0.1) is 12.2 Å². The van der Waals surface area contributed by atoms with Crippen LogP contribution in [0.1, 0.15) is 35.8 Å². The van der Waals surface area contributed by atoms with Crippen LogP contribution in [-0.4, -0.2) is 25.7 Å². The van der Waals surface area contributed by atoms with Crippen LogP contribution in [0.2, 0.25) is 0 Å². The average molecular weight is 235 g/mol. The van der Waals surface area contributed by atoms with Gasteiger partial charge in [-0.05, 0) is 26.0 Å². The van der Waals surface area contributed by atoms with Crippen molar-refractivity contribution in [2.24, 2.45) is 0 Å². The Bertz CT molecular complexity index is 417. The summed E-state index contributed by atoms with van der Waals surface area (Å²) in [5.41, 5.74) is 1.62. The molecule has 17 heavy (non-hydrogen) atoms. The molecule has 0 radical (unpaired) electrons. The van der Waals surface area contributed by atoms with Crippen molar-refractivity contribution in [1.82, 2.24) is 5.32 Å². The highest BCUT2D eigenvalue weighted by Gasteiger charge is 2.17. The minimum atomic E-state index is -0.302. The average Bonchev–Trinajstić information content (AvgIpc) is 2.51. The highest BCUT2D eigenvalue weighted by atomic mass is 16.5. The van der Waals surface area contributed by atoms with E-state index in [1.807, 2.05) is 6.07 Å². The summed E-state index contributed by atoms with van der Waals surface area (Å²) in [6, 6.07) is 5.70. The number of carbonyl (C=O) groups is 1. The lowest BCUT2D eigenvalue weighted by Gasteiger charge is -2.13. The van der Waals surface area contributed by atoms with Gasteiger partial charge in [0.15, 0.2) is 0 Å². The van der Waals surface area contributed by atoms with E-state index in [2.05, 4.69) is 12.2 Å². The van der Waals surface area contributed by atoms with Gasteiger partial charge in [-0.25, -0.2) is 4.79 Å². The number of esters is 1. The second-order valence-corrected chi connectivity index (χ2v) is 4.00. The van der Waals surface area contributed by atoms with E-state index >= 15 is 0 Å². The molecule has 0 bridgehead atoms. The van der Waals surface area contributed by atoms with Crippen molar-refractivity contribution in [2.45, 2.75) is 19.9 Å². The number of rotatable bonds is 2. The third kappa shape index (κ3) is 2.58. The van der Waals surface area contributed by atoms with Gasteiger partial charge in [-0.3, -0.25) is 0 Å². The molecule has 0 saturated carbocycles. The summed E-state index contributed by atoms with van der Waals surface area (Å²) in [5, 5.41) is 3.33. The Morgan fingerprint density at radius 3 is 3.18 bits per heavy atom. The van der Waals surface area contributed by atoms with Crippen LogP contribution in [0.3, 0.4) is 0 Å². The fourth-order valence-electron chi connectivity index (χ4n) is 1.90. The summed E-state index contributed by atoms with van der Waals surface area (Å²) in [5.74, 6) is 0.469. The van der Waals surface area contributed by atoms with E-state index < -0.39 is 0 Å². The third-order valence-corrected chi connectivity index (χ3v) is 2.80. The molecule has 1 aliphatic rings. The molecule has 4 heteroatoms. The van der Waals surface area contributed by atoms with Crippen molar-refractivity contribution < 1.29 is 14.3 Å². The Balaban J connectivity index is 2.29. The minimum Gasteiger partial charge on any atom is -0.492 e. The molecule has 1 aromatic carbocycles. The van der Waals surface area contributed by atoms with Crippen LogP contribution in [0.25, 0.3) is 0 Å². The van der Waals surface area contributed by atoms with Crippen molar-refractivity contribution in [3.8, 4) is 5.75 Å². The van der Waals surface area contributed by atoms with Gasteiger partial charge in [0.2, 0.25) is 0 Å². The number of carbonyl (C=O) groups excluding carboxylic acids is 1. The lowest BCUT2D eigenvalue weighted by molar-refractivity contribution is 0.0526. The number of hydrogen-bond donors (Lipinski definition) is 1. The molecule has 0 fully saturated rings. The Morgan fingerprint density at radius 1 is 1.59 bits per heavy atom. The molecule has 0 spiro atoms. The zero-order valence-corrected chi connectivity index (χ0v) is 10.2. The van der Waals surface area contributed by atoms with Gasteiger partial charge in [0.1, 0.15) is 12.4 Å². The Kier molecular flexibility index (Phi) is 3.64. The van der Waals surface area contributed by atoms with Crippen molar-refractivity contribution in [2.75, 3.05) is 19.8 Å². The molecule has 1 heterocycles. The van der Waals surface area contributed by atoms with Crippen LogP contribution in [-0.2, 0) is 4.74 Å². The van der Waals surface area contributed by atoms with Crippen molar-refractivity contribution in [3.05, 3.63) is 29.3 Å². The summed E-state index contributed by atoms with van der Waals surface area (Å²) in [6.45, 7) is 5.68. The molecular formula is C13H17NO3. The second kappa shape index (κ2) is 5.19. The second-order valence-electron chi connectivity index (χ2n) is 4.00. The van der Waals surface area contributed by atoms with Gasteiger partial charge in [0.25, 0.3) is 0 Å². The maximum atomic E-state index is 11.6. The summed E-state index contributed by atoms with van der Waals surface area (Å²) in [7, 11) is 0. The predicted octanol–water partition coefficient (Wildman–Crippen LogP) is 1.91. The zero-order chi connectivity index (χ0) is 12.3. The third-order valence-electron chi connectivity index (χ3n) is 2.80. The van der Waals surface area contributed by atoms with Gasteiger partial charge < -0.3 is 14.8 Å². The lowest BCUT2D eigenvalue weighted by atomic mass is 10.0. The molecule has 0 aromatic heterocycles. The maximum Gasteiger partial charge on any atom is 0.338 e. The van der Waals surface area contributed by atoms with Gasteiger partial charge >= 0.3 is 5.97 Å². The van der Waals surface area contributed by atoms with E-state index in [4.69, 9.17) is 9.47 Å². The molecule has 0 aliphatic carbocycles. The van der Waals surface area contributed by atoms with E-state index in [0.717, 1.165) is 17.9 Å². The van der Waals surface area contributed by atoms with E-state index in [0.29, 0.717) is 18.8 Å².